The fourth-order valence-electron chi connectivity index (χ4n) is 3.71. The number of methoxy groups -OCH3 is 1. The van der Waals surface area contributed by atoms with E-state index in [-0.39, 0.29) is 24.5 Å². The van der Waals surface area contributed by atoms with Gasteiger partial charge in [-0.3, -0.25) is 9.59 Å². The Bertz CT molecular complexity index is 1300. The van der Waals surface area contributed by atoms with Crippen LogP contribution >= 0.6 is 0 Å². The zero-order chi connectivity index (χ0) is 23.9. The maximum Gasteiger partial charge on any atom is 0.259 e. The molecule has 6 heteroatoms. The van der Waals surface area contributed by atoms with E-state index in [1.165, 1.54) is 0 Å². The summed E-state index contributed by atoms with van der Waals surface area (Å²) in [6.07, 6.45) is 0. The van der Waals surface area contributed by atoms with E-state index < -0.39 is 0 Å². The van der Waals surface area contributed by atoms with E-state index in [0.29, 0.717) is 22.7 Å². The van der Waals surface area contributed by atoms with Crippen molar-refractivity contribution in [3.05, 3.63) is 102 Å². The Kier molecular flexibility index (Phi) is 7.08. The number of para-hydroxylation sites is 2. The summed E-state index contributed by atoms with van der Waals surface area (Å²) in [5, 5.41) is 7.60. The van der Waals surface area contributed by atoms with Crippen LogP contribution in [0.2, 0.25) is 0 Å². The molecular formula is C28H26N2O4. The normalized spacial score (nSPS) is 11.5. The number of hydrogen-bond acceptors (Lipinski definition) is 4. The molecule has 34 heavy (non-hydrogen) atoms. The number of nitrogens with one attached hydrogen (secondary N) is 2. The smallest absolute Gasteiger partial charge is 0.259 e. The van der Waals surface area contributed by atoms with Crippen molar-refractivity contribution in [3.8, 4) is 11.5 Å². The SMILES string of the molecule is COc1ccccc1NC(=O)c1cc2ccccc2cc1OCC(=O)NC(C)c1ccccc1. The van der Waals surface area contributed by atoms with Gasteiger partial charge in [-0.25, -0.2) is 0 Å². The lowest BCUT2D eigenvalue weighted by Gasteiger charge is -2.17. The molecule has 0 fully saturated rings. The third-order valence-corrected chi connectivity index (χ3v) is 5.48. The number of hydrogen-bond donors (Lipinski definition) is 2. The summed E-state index contributed by atoms with van der Waals surface area (Å²) in [5.74, 6) is 0.242. The van der Waals surface area contributed by atoms with Crippen LogP contribution in [0.5, 0.6) is 11.5 Å². The zero-order valence-electron chi connectivity index (χ0n) is 19.1. The van der Waals surface area contributed by atoms with Crippen molar-refractivity contribution in [2.75, 3.05) is 19.0 Å². The molecule has 1 unspecified atom stereocenters. The van der Waals surface area contributed by atoms with Gasteiger partial charge in [0, 0.05) is 0 Å². The van der Waals surface area contributed by atoms with Gasteiger partial charge in [0.2, 0.25) is 0 Å². The first-order chi connectivity index (χ1) is 16.5. The molecule has 0 aliphatic rings. The molecule has 0 heterocycles. The maximum atomic E-state index is 13.2. The van der Waals surface area contributed by atoms with Gasteiger partial charge in [-0.15, -0.1) is 0 Å². The highest BCUT2D eigenvalue weighted by Crippen LogP contribution is 2.29. The predicted molar refractivity (Wildman–Crippen MR) is 133 cm³/mol. The number of rotatable bonds is 8. The zero-order valence-corrected chi connectivity index (χ0v) is 19.1. The molecule has 1 atom stereocenters. The molecule has 2 amide bonds. The van der Waals surface area contributed by atoms with Crippen molar-refractivity contribution in [2.45, 2.75) is 13.0 Å². The minimum Gasteiger partial charge on any atom is -0.495 e. The molecule has 2 N–H and O–H groups in total. The van der Waals surface area contributed by atoms with E-state index >= 15 is 0 Å². The lowest BCUT2D eigenvalue weighted by atomic mass is 10.0. The monoisotopic (exact) mass is 454 g/mol. The van der Waals surface area contributed by atoms with Crippen LogP contribution in [-0.2, 0) is 4.79 Å². The lowest BCUT2D eigenvalue weighted by Crippen LogP contribution is -2.31. The van der Waals surface area contributed by atoms with Gasteiger partial charge in [-0.05, 0) is 47.5 Å². The number of carbonyl (C=O) groups is 2. The predicted octanol–water partition coefficient (Wildman–Crippen LogP) is 5.36. The Hall–Kier alpha value is -4.32. The molecule has 4 rings (SSSR count). The molecule has 0 saturated carbocycles. The van der Waals surface area contributed by atoms with Gasteiger partial charge in [-0.2, -0.15) is 0 Å². The average molecular weight is 455 g/mol. The van der Waals surface area contributed by atoms with Crippen LogP contribution in [0.4, 0.5) is 5.69 Å². The second-order valence-electron chi connectivity index (χ2n) is 7.84. The highest BCUT2D eigenvalue weighted by atomic mass is 16.5. The summed E-state index contributed by atoms with van der Waals surface area (Å²) in [5.41, 5.74) is 1.87. The summed E-state index contributed by atoms with van der Waals surface area (Å²) in [6, 6.07) is 27.9. The highest BCUT2D eigenvalue weighted by molar-refractivity contribution is 6.09. The van der Waals surface area contributed by atoms with E-state index in [4.69, 9.17) is 9.47 Å². The van der Waals surface area contributed by atoms with Gasteiger partial charge in [0.05, 0.1) is 24.4 Å². The molecule has 0 aromatic heterocycles. The van der Waals surface area contributed by atoms with Gasteiger partial charge in [0.15, 0.2) is 6.61 Å². The van der Waals surface area contributed by atoms with E-state index in [2.05, 4.69) is 10.6 Å². The van der Waals surface area contributed by atoms with Crippen LogP contribution in [0.3, 0.4) is 0 Å². The number of benzene rings is 4. The van der Waals surface area contributed by atoms with Gasteiger partial charge in [0.25, 0.3) is 11.8 Å². The standard InChI is InChI=1S/C28H26N2O4/c1-19(20-10-4-3-5-11-20)29-27(31)18-34-26-17-22-13-7-6-12-21(22)16-23(26)28(32)30-24-14-8-9-15-25(24)33-2/h3-17,19H,18H2,1-2H3,(H,29,31)(H,30,32). The molecule has 0 aliphatic heterocycles. The maximum absolute atomic E-state index is 13.2. The van der Waals surface area contributed by atoms with Crippen LogP contribution in [0.1, 0.15) is 28.9 Å². The molecular weight excluding hydrogens is 428 g/mol. The van der Waals surface area contributed by atoms with Gasteiger partial charge in [-0.1, -0.05) is 66.7 Å². The first-order valence-corrected chi connectivity index (χ1v) is 11.0. The number of ether oxygens (including phenoxy) is 2. The Balaban J connectivity index is 1.54. The van der Waals surface area contributed by atoms with Crippen LogP contribution in [-0.4, -0.2) is 25.5 Å². The van der Waals surface area contributed by atoms with E-state index in [0.717, 1.165) is 16.3 Å². The summed E-state index contributed by atoms with van der Waals surface area (Å²) in [7, 11) is 1.55. The molecule has 0 saturated heterocycles. The largest absolute Gasteiger partial charge is 0.495 e. The van der Waals surface area contributed by atoms with Crippen molar-refractivity contribution in [1.29, 1.82) is 0 Å². The fourth-order valence-corrected chi connectivity index (χ4v) is 3.71. The third-order valence-electron chi connectivity index (χ3n) is 5.48. The van der Waals surface area contributed by atoms with E-state index in [1.54, 1.807) is 31.4 Å². The topological polar surface area (TPSA) is 76.7 Å². The van der Waals surface area contributed by atoms with E-state index in [1.807, 2.05) is 73.7 Å². The molecule has 6 nitrogen and oxygen atoms in total. The van der Waals surface area contributed by atoms with Crippen molar-refractivity contribution < 1.29 is 19.1 Å². The van der Waals surface area contributed by atoms with Gasteiger partial charge in [0.1, 0.15) is 11.5 Å². The van der Waals surface area contributed by atoms with Crippen LogP contribution < -0.4 is 20.1 Å². The minimum absolute atomic E-state index is 0.165. The fraction of sp³-hybridized carbons (Fsp3) is 0.143. The Morgan fingerprint density at radius 1 is 0.824 bits per heavy atom. The molecule has 0 radical (unpaired) electrons. The second kappa shape index (κ2) is 10.5. The van der Waals surface area contributed by atoms with Crippen LogP contribution in [0.15, 0.2) is 91.0 Å². The Labute approximate surface area is 198 Å². The van der Waals surface area contributed by atoms with Crippen molar-refractivity contribution in [1.82, 2.24) is 5.32 Å². The quantitative estimate of drug-likeness (QED) is 0.376. The Morgan fingerprint density at radius 3 is 2.21 bits per heavy atom. The van der Waals surface area contributed by atoms with Gasteiger partial charge < -0.3 is 20.1 Å². The Morgan fingerprint density at radius 2 is 1.47 bits per heavy atom. The number of carbonyl (C=O) groups excluding carboxylic acids is 2. The highest BCUT2D eigenvalue weighted by Gasteiger charge is 2.18. The summed E-state index contributed by atoms with van der Waals surface area (Å²) in [4.78, 5) is 25.8. The molecule has 0 spiro atoms. The van der Waals surface area contributed by atoms with Gasteiger partial charge >= 0.3 is 0 Å². The van der Waals surface area contributed by atoms with Crippen molar-refractivity contribution in [2.24, 2.45) is 0 Å². The average Bonchev–Trinajstić information content (AvgIpc) is 2.87. The summed E-state index contributed by atoms with van der Waals surface area (Å²) in [6.45, 7) is 1.69. The third kappa shape index (κ3) is 5.35. The first-order valence-electron chi connectivity index (χ1n) is 11.0. The number of anilines is 1. The summed E-state index contributed by atoms with van der Waals surface area (Å²) < 4.78 is 11.2. The molecule has 0 bridgehead atoms. The summed E-state index contributed by atoms with van der Waals surface area (Å²) >= 11 is 0. The molecule has 172 valence electrons. The first kappa shape index (κ1) is 22.9. The van der Waals surface area contributed by atoms with Crippen LogP contribution in [0.25, 0.3) is 10.8 Å². The van der Waals surface area contributed by atoms with Crippen molar-refractivity contribution in [3.63, 3.8) is 0 Å². The number of fused-ring (bicyclic) bond motifs is 1. The lowest BCUT2D eigenvalue weighted by molar-refractivity contribution is -0.123. The molecule has 4 aromatic carbocycles. The molecule has 0 aliphatic carbocycles. The van der Waals surface area contributed by atoms with Crippen molar-refractivity contribution >= 4 is 28.3 Å². The number of amides is 2. The molecule has 4 aromatic rings. The minimum atomic E-state index is -0.358. The van der Waals surface area contributed by atoms with E-state index in [9.17, 15) is 9.59 Å². The second-order valence-corrected chi connectivity index (χ2v) is 7.84. The van der Waals surface area contributed by atoms with Crippen LogP contribution in [0, 0.1) is 0 Å².